The first kappa shape index (κ1) is 21.8. The minimum Gasteiger partial charge on any atom is -0.452 e. The van der Waals surface area contributed by atoms with Crippen molar-refractivity contribution in [1.29, 1.82) is 0 Å². The third-order valence-electron chi connectivity index (χ3n) is 4.17. The molecule has 1 aliphatic heterocycles. The number of benzene rings is 1. The molecule has 2 rings (SSSR count). The molecule has 1 fully saturated rings. The second-order valence-corrected chi connectivity index (χ2v) is 8.35. The maximum absolute atomic E-state index is 12.2. The van der Waals surface area contributed by atoms with Crippen LogP contribution in [0.2, 0.25) is 0 Å². The number of carbonyl (C=O) groups is 2. The molecule has 1 unspecified atom stereocenters. The molecule has 1 aromatic rings. The molecule has 1 heterocycles. The molecule has 28 heavy (non-hydrogen) atoms. The molecule has 1 aliphatic rings. The SMILES string of the molecule is CCN(C(=O)COC(=O)C=Cc1ccc(OC(F)F)cc1)C1CCS(=O)(=O)C1. The van der Waals surface area contributed by atoms with Crippen LogP contribution in [0.4, 0.5) is 8.78 Å². The number of rotatable bonds is 8. The van der Waals surface area contributed by atoms with Gasteiger partial charge in [0.15, 0.2) is 16.4 Å². The van der Waals surface area contributed by atoms with Crippen molar-refractivity contribution in [2.24, 2.45) is 0 Å². The smallest absolute Gasteiger partial charge is 0.387 e. The van der Waals surface area contributed by atoms with Gasteiger partial charge in [0.2, 0.25) is 0 Å². The Kier molecular flexibility index (Phi) is 7.50. The van der Waals surface area contributed by atoms with E-state index in [0.29, 0.717) is 18.5 Å². The van der Waals surface area contributed by atoms with Gasteiger partial charge >= 0.3 is 12.6 Å². The number of hydrogen-bond donors (Lipinski definition) is 0. The molecule has 0 radical (unpaired) electrons. The zero-order valence-electron chi connectivity index (χ0n) is 15.2. The first-order chi connectivity index (χ1) is 13.2. The van der Waals surface area contributed by atoms with Gasteiger partial charge in [-0.15, -0.1) is 0 Å². The third kappa shape index (κ3) is 6.59. The van der Waals surface area contributed by atoms with Crippen molar-refractivity contribution in [3.05, 3.63) is 35.9 Å². The van der Waals surface area contributed by atoms with E-state index in [4.69, 9.17) is 4.74 Å². The minimum atomic E-state index is -3.13. The molecule has 1 saturated heterocycles. The van der Waals surface area contributed by atoms with Gasteiger partial charge < -0.3 is 14.4 Å². The van der Waals surface area contributed by atoms with Crippen LogP contribution in [0, 0.1) is 0 Å². The summed E-state index contributed by atoms with van der Waals surface area (Å²) < 4.78 is 56.4. The van der Waals surface area contributed by atoms with Crippen molar-refractivity contribution in [1.82, 2.24) is 4.90 Å². The highest BCUT2D eigenvalue weighted by atomic mass is 32.2. The number of nitrogens with zero attached hydrogens (tertiary/aromatic N) is 1. The van der Waals surface area contributed by atoms with Gasteiger partial charge in [-0.3, -0.25) is 4.79 Å². The van der Waals surface area contributed by atoms with E-state index in [2.05, 4.69) is 4.74 Å². The summed E-state index contributed by atoms with van der Waals surface area (Å²) in [6, 6.07) is 5.22. The largest absolute Gasteiger partial charge is 0.452 e. The second-order valence-electron chi connectivity index (χ2n) is 6.13. The Balaban J connectivity index is 1.83. The van der Waals surface area contributed by atoms with Crippen LogP contribution >= 0.6 is 0 Å². The van der Waals surface area contributed by atoms with E-state index in [9.17, 15) is 26.8 Å². The predicted molar refractivity (Wildman–Crippen MR) is 97.5 cm³/mol. The first-order valence-electron chi connectivity index (χ1n) is 8.60. The fraction of sp³-hybridized carbons (Fsp3) is 0.444. The molecule has 10 heteroatoms. The number of esters is 1. The number of sulfone groups is 1. The lowest BCUT2D eigenvalue weighted by molar-refractivity contribution is -0.149. The Morgan fingerprint density at radius 3 is 2.50 bits per heavy atom. The topological polar surface area (TPSA) is 90.0 Å². The van der Waals surface area contributed by atoms with Gasteiger partial charge in [0.1, 0.15) is 5.75 Å². The molecule has 7 nitrogen and oxygen atoms in total. The molecule has 154 valence electrons. The Morgan fingerprint density at radius 2 is 1.96 bits per heavy atom. The number of likely N-dealkylation sites (N-methyl/N-ethyl adjacent to an activating group) is 1. The zero-order chi connectivity index (χ0) is 20.7. The summed E-state index contributed by atoms with van der Waals surface area (Å²) in [5.41, 5.74) is 0.552. The van der Waals surface area contributed by atoms with Crippen molar-refractivity contribution in [2.45, 2.75) is 26.0 Å². The zero-order valence-corrected chi connectivity index (χ0v) is 16.0. The van der Waals surface area contributed by atoms with Crippen molar-refractivity contribution < 1.29 is 36.3 Å². The Morgan fingerprint density at radius 1 is 1.29 bits per heavy atom. The van der Waals surface area contributed by atoms with Gasteiger partial charge in [0.25, 0.3) is 5.91 Å². The molecule has 1 aromatic carbocycles. The van der Waals surface area contributed by atoms with E-state index in [0.717, 1.165) is 6.08 Å². The highest BCUT2D eigenvalue weighted by Gasteiger charge is 2.34. The molecule has 1 amide bonds. The monoisotopic (exact) mass is 417 g/mol. The Labute approximate surface area is 161 Å². The minimum absolute atomic E-state index is 0.00564. The highest BCUT2D eigenvalue weighted by molar-refractivity contribution is 7.91. The molecule has 0 aromatic heterocycles. The molecule has 0 saturated carbocycles. The molecule has 0 aliphatic carbocycles. The lowest BCUT2D eigenvalue weighted by Crippen LogP contribution is -2.43. The molecule has 0 spiro atoms. The summed E-state index contributed by atoms with van der Waals surface area (Å²) in [4.78, 5) is 25.4. The average Bonchev–Trinajstić information content (AvgIpc) is 2.99. The van der Waals surface area contributed by atoms with Crippen molar-refractivity contribution >= 4 is 27.8 Å². The normalized spacial score (nSPS) is 18.4. The van der Waals surface area contributed by atoms with Gasteiger partial charge in [-0.1, -0.05) is 12.1 Å². The molecular formula is C18H21F2NO6S. The molecule has 0 bridgehead atoms. The van der Waals surface area contributed by atoms with Gasteiger partial charge in [-0.2, -0.15) is 8.78 Å². The summed E-state index contributed by atoms with van der Waals surface area (Å²) in [7, 11) is -3.13. The average molecular weight is 417 g/mol. The number of amides is 1. The maximum Gasteiger partial charge on any atom is 0.387 e. The predicted octanol–water partition coefficient (Wildman–Crippen LogP) is 1.88. The van der Waals surface area contributed by atoms with Crippen LogP contribution in [0.15, 0.2) is 30.3 Å². The number of hydrogen-bond acceptors (Lipinski definition) is 6. The van der Waals surface area contributed by atoms with Gasteiger partial charge in [-0.25, -0.2) is 13.2 Å². The lowest BCUT2D eigenvalue weighted by atomic mass is 10.2. The van der Waals surface area contributed by atoms with Gasteiger partial charge in [0, 0.05) is 18.7 Å². The molecule has 1 atom stereocenters. The van der Waals surface area contributed by atoms with E-state index in [-0.39, 0.29) is 17.3 Å². The van der Waals surface area contributed by atoms with E-state index in [1.165, 1.54) is 35.2 Å². The second kappa shape index (κ2) is 9.63. The molecular weight excluding hydrogens is 396 g/mol. The van der Waals surface area contributed by atoms with Crippen LogP contribution in [-0.4, -0.2) is 62.5 Å². The molecule has 0 N–H and O–H groups in total. The standard InChI is InChI=1S/C18H21F2NO6S/c1-2-21(14-9-10-28(24,25)12-14)16(22)11-26-17(23)8-5-13-3-6-15(7-4-13)27-18(19)20/h3-8,14,18H,2,9-12H2,1H3. The van der Waals surface area contributed by atoms with Crippen molar-refractivity contribution in [2.75, 3.05) is 24.7 Å². The highest BCUT2D eigenvalue weighted by Crippen LogP contribution is 2.18. The fourth-order valence-electron chi connectivity index (χ4n) is 2.85. The fourth-order valence-corrected chi connectivity index (χ4v) is 4.58. The summed E-state index contributed by atoms with van der Waals surface area (Å²) in [6.45, 7) is -1.36. The summed E-state index contributed by atoms with van der Waals surface area (Å²) >= 11 is 0. The van der Waals surface area contributed by atoms with E-state index < -0.39 is 41.0 Å². The van der Waals surface area contributed by atoms with Crippen LogP contribution in [-0.2, 0) is 24.2 Å². The van der Waals surface area contributed by atoms with E-state index >= 15 is 0 Å². The number of carbonyl (C=O) groups excluding carboxylic acids is 2. The summed E-state index contributed by atoms with van der Waals surface area (Å²) in [6.07, 6.45) is 2.88. The van der Waals surface area contributed by atoms with E-state index in [1.54, 1.807) is 6.92 Å². The van der Waals surface area contributed by atoms with Crippen LogP contribution in [0.5, 0.6) is 5.75 Å². The number of ether oxygens (including phenoxy) is 2. The summed E-state index contributed by atoms with van der Waals surface area (Å²) in [5, 5.41) is 0. The lowest BCUT2D eigenvalue weighted by Gasteiger charge is -2.26. The quantitative estimate of drug-likeness (QED) is 0.474. The maximum atomic E-state index is 12.2. The Hall–Kier alpha value is -2.49. The van der Waals surface area contributed by atoms with Crippen LogP contribution in [0.25, 0.3) is 6.08 Å². The van der Waals surface area contributed by atoms with Crippen LogP contribution in [0.1, 0.15) is 18.9 Å². The van der Waals surface area contributed by atoms with Crippen molar-refractivity contribution in [3.63, 3.8) is 0 Å². The van der Waals surface area contributed by atoms with Crippen LogP contribution in [0.3, 0.4) is 0 Å². The van der Waals surface area contributed by atoms with Crippen molar-refractivity contribution in [3.8, 4) is 5.75 Å². The number of alkyl halides is 2. The van der Waals surface area contributed by atoms with Gasteiger partial charge in [-0.05, 0) is 37.1 Å². The van der Waals surface area contributed by atoms with E-state index in [1.807, 2.05) is 0 Å². The van der Waals surface area contributed by atoms with Gasteiger partial charge in [0.05, 0.1) is 11.5 Å². The number of halogens is 2. The summed E-state index contributed by atoms with van der Waals surface area (Å²) in [5.74, 6) is -1.25. The third-order valence-corrected chi connectivity index (χ3v) is 5.92. The van der Waals surface area contributed by atoms with Crippen LogP contribution < -0.4 is 4.74 Å². The first-order valence-corrected chi connectivity index (χ1v) is 10.4. The Bertz CT molecular complexity index is 823.